The molecule has 1 heterocycles. The summed E-state index contributed by atoms with van der Waals surface area (Å²) in [5.74, 6) is 1.18. The summed E-state index contributed by atoms with van der Waals surface area (Å²) in [6.45, 7) is 4.49. The van der Waals surface area contributed by atoms with Gasteiger partial charge in [-0.2, -0.15) is 0 Å². The van der Waals surface area contributed by atoms with Crippen LogP contribution in [0.25, 0.3) is 0 Å². The minimum absolute atomic E-state index is 0.0268. The zero-order valence-corrected chi connectivity index (χ0v) is 12.5. The summed E-state index contributed by atoms with van der Waals surface area (Å²) in [4.78, 5) is 2.09. The Hall–Kier alpha value is -1.10. The van der Waals surface area contributed by atoms with E-state index in [4.69, 9.17) is 27.6 Å². The second-order valence-corrected chi connectivity index (χ2v) is 5.40. The summed E-state index contributed by atoms with van der Waals surface area (Å²) in [5, 5.41) is 9.15. The fraction of sp³-hybridized carbons (Fsp3) is 0.385. The minimum Gasteiger partial charge on any atom is -0.424 e. The Balaban J connectivity index is 2.10. The number of benzene rings is 1. The fourth-order valence-corrected chi connectivity index (χ4v) is 2.37. The Labute approximate surface area is 122 Å². The third-order valence-corrected chi connectivity index (χ3v) is 3.35. The molecule has 0 amide bonds. The second-order valence-electron chi connectivity index (χ2n) is 4.53. The molecule has 0 radical (unpaired) electrons. The minimum atomic E-state index is 0.0268. The molecule has 0 bridgehead atoms. The maximum atomic E-state index is 5.99. The largest absolute Gasteiger partial charge is 0.424 e. The van der Waals surface area contributed by atoms with E-state index in [9.17, 15) is 0 Å². The smallest absolute Gasteiger partial charge is 0.233 e. The van der Waals surface area contributed by atoms with E-state index in [2.05, 4.69) is 15.1 Å². The molecule has 0 N–H and O–H groups in total. The highest BCUT2D eigenvalue weighted by atomic mass is 35.5. The van der Waals surface area contributed by atoms with Crippen molar-refractivity contribution < 1.29 is 4.42 Å². The van der Waals surface area contributed by atoms with Crippen LogP contribution < -0.4 is 0 Å². The Morgan fingerprint density at radius 3 is 2.37 bits per heavy atom. The van der Waals surface area contributed by atoms with Gasteiger partial charge in [-0.25, -0.2) is 0 Å². The van der Waals surface area contributed by atoms with Crippen molar-refractivity contribution in [3.63, 3.8) is 0 Å². The Morgan fingerprint density at radius 2 is 1.84 bits per heavy atom. The molecule has 1 aromatic heterocycles. The van der Waals surface area contributed by atoms with E-state index in [1.807, 2.05) is 26.1 Å². The number of halogens is 2. The van der Waals surface area contributed by atoms with E-state index >= 15 is 0 Å². The van der Waals surface area contributed by atoms with Gasteiger partial charge in [0.25, 0.3) is 0 Å². The van der Waals surface area contributed by atoms with E-state index in [0.29, 0.717) is 28.4 Å². The molecule has 0 aliphatic heterocycles. The molecule has 0 aliphatic carbocycles. The highest BCUT2D eigenvalue weighted by Gasteiger charge is 2.18. The molecule has 6 heteroatoms. The lowest BCUT2D eigenvalue weighted by Gasteiger charge is -2.21. The molecule has 4 nitrogen and oxygen atoms in total. The van der Waals surface area contributed by atoms with Crippen molar-refractivity contribution in [3.8, 4) is 0 Å². The average molecular weight is 300 g/mol. The SMILES string of the molecule is Cc1nnc(C(C)N(C)Cc2cc(Cl)cc(Cl)c2)o1. The summed E-state index contributed by atoms with van der Waals surface area (Å²) in [5.41, 5.74) is 1.04. The molecule has 0 aliphatic rings. The average Bonchev–Trinajstić information content (AvgIpc) is 2.73. The predicted octanol–water partition coefficient (Wildman–Crippen LogP) is 3.88. The van der Waals surface area contributed by atoms with Gasteiger partial charge in [0.15, 0.2) is 0 Å². The van der Waals surface area contributed by atoms with Crippen LogP contribution >= 0.6 is 23.2 Å². The highest BCUT2D eigenvalue weighted by Crippen LogP contribution is 2.23. The number of hydrogen-bond acceptors (Lipinski definition) is 4. The van der Waals surface area contributed by atoms with Crippen molar-refractivity contribution in [2.24, 2.45) is 0 Å². The van der Waals surface area contributed by atoms with Crippen molar-refractivity contribution in [2.45, 2.75) is 26.4 Å². The van der Waals surface area contributed by atoms with E-state index in [-0.39, 0.29) is 6.04 Å². The molecule has 1 unspecified atom stereocenters. The maximum absolute atomic E-state index is 5.99. The van der Waals surface area contributed by atoms with E-state index in [1.54, 1.807) is 13.0 Å². The van der Waals surface area contributed by atoms with Crippen LogP contribution in [0.1, 0.15) is 30.3 Å². The van der Waals surface area contributed by atoms with Crippen LogP contribution in [-0.4, -0.2) is 22.1 Å². The first-order chi connectivity index (χ1) is 8.95. The number of hydrogen-bond donors (Lipinski definition) is 0. The lowest BCUT2D eigenvalue weighted by Crippen LogP contribution is -2.22. The summed E-state index contributed by atoms with van der Waals surface area (Å²) in [6.07, 6.45) is 0. The monoisotopic (exact) mass is 299 g/mol. The quantitative estimate of drug-likeness (QED) is 0.859. The van der Waals surface area contributed by atoms with Crippen LogP contribution in [-0.2, 0) is 6.54 Å². The highest BCUT2D eigenvalue weighted by molar-refractivity contribution is 6.34. The Morgan fingerprint density at radius 1 is 1.21 bits per heavy atom. The maximum Gasteiger partial charge on any atom is 0.233 e. The number of aryl methyl sites for hydroxylation is 1. The van der Waals surface area contributed by atoms with Crippen molar-refractivity contribution in [2.75, 3.05) is 7.05 Å². The van der Waals surface area contributed by atoms with Gasteiger partial charge < -0.3 is 4.42 Å². The van der Waals surface area contributed by atoms with Gasteiger partial charge in [0, 0.05) is 23.5 Å². The van der Waals surface area contributed by atoms with Crippen LogP contribution in [0, 0.1) is 6.92 Å². The van der Waals surface area contributed by atoms with Gasteiger partial charge in [0.1, 0.15) is 0 Å². The van der Waals surface area contributed by atoms with Crippen LogP contribution in [0.4, 0.5) is 0 Å². The standard InChI is InChI=1S/C13H15Cl2N3O/c1-8(13-17-16-9(2)19-13)18(3)7-10-4-11(14)6-12(15)5-10/h4-6,8H,7H2,1-3H3. The van der Waals surface area contributed by atoms with Gasteiger partial charge >= 0.3 is 0 Å². The van der Waals surface area contributed by atoms with E-state index in [1.165, 1.54) is 0 Å². The first-order valence-electron chi connectivity index (χ1n) is 5.91. The van der Waals surface area contributed by atoms with Gasteiger partial charge in [-0.05, 0) is 37.7 Å². The summed E-state index contributed by atoms with van der Waals surface area (Å²) in [7, 11) is 1.99. The summed E-state index contributed by atoms with van der Waals surface area (Å²) >= 11 is 12.0. The molecule has 0 fully saturated rings. The van der Waals surface area contributed by atoms with Crippen LogP contribution in [0.5, 0.6) is 0 Å². The number of nitrogens with zero attached hydrogens (tertiary/aromatic N) is 3. The van der Waals surface area contributed by atoms with Crippen LogP contribution in [0.3, 0.4) is 0 Å². The lowest BCUT2D eigenvalue weighted by molar-refractivity contribution is 0.215. The first kappa shape index (κ1) is 14.3. The van der Waals surface area contributed by atoms with Crippen molar-refractivity contribution in [1.29, 1.82) is 0 Å². The van der Waals surface area contributed by atoms with E-state index < -0.39 is 0 Å². The van der Waals surface area contributed by atoms with Crippen molar-refractivity contribution in [1.82, 2.24) is 15.1 Å². The summed E-state index contributed by atoms with van der Waals surface area (Å²) < 4.78 is 5.44. The molecule has 0 saturated heterocycles. The molecule has 1 aromatic carbocycles. The van der Waals surface area contributed by atoms with Crippen molar-refractivity contribution >= 4 is 23.2 Å². The van der Waals surface area contributed by atoms with Gasteiger partial charge in [-0.15, -0.1) is 10.2 Å². The molecule has 2 aromatic rings. The topological polar surface area (TPSA) is 42.2 Å². The molecule has 19 heavy (non-hydrogen) atoms. The number of rotatable bonds is 4. The normalized spacial score (nSPS) is 12.9. The van der Waals surface area contributed by atoms with Gasteiger partial charge in [0.05, 0.1) is 6.04 Å². The van der Waals surface area contributed by atoms with Crippen LogP contribution in [0.2, 0.25) is 10.0 Å². The zero-order valence-electron chi connectivity index (χ0n) is 11.0. The third-order valence-electron chi connectivity index (χ3n) is 2.91. The van der Waals surface area contributed by atoms with Gasteiger partial charge in [-0.1, -0.05) is 23.2 Å². The molecule has 2 rings (SSSR count). The van der Waals surface area contributed by atoms with Gasteiger partial charge in [0.2, 0.25) is 11.8 Å². The molecular weight excluding hydrogens is 285 g/mol. The fourth-order valence-electron chi connectivity index (χ4n) is 1.80. The zero-order chi connectivity index (χ0) is 14.0. The van der Waals surface area contributed by atoms with Gasteiger partial charge in [-0.3, -0.25) is 4.90 Å². The lowest BCUT2D eigenvalue weighted by atomic mass is 10.2. The van der Waals surface area contributed by atoms with Crippen LogP contribution in [0.15, 0.2) is 22.6 Å². The predicted molar refractivity (Wildman–Crippen MR) is 75.4 cm³/mol. The van der Waals surface area contributed by atoms with Crippen molar-refractivity contribution in [3.05, 3.63) is 45.6 Å². The molecule has 1 atom stereocenters. The Bertz CT molecular complexity index is 551. The third kappa shape index (κ3) is 3.69. The Kier molecular flexibility index (Phi) is 4.45. The molecule has 0 saturated carbocycles. The summed E-state index contributed by atoms with van der Waals surface area (Å²) in [6, 6.07) is 5.54. The number of aromatic nitrogens is 2. The first-order valence-corrected chi connectivity index (χ1v) is 6.66. The molecular formula is C13H15Cl2N3O. The second kappa shape index (κ2) is 5.90. The molecule has 0 spiro atoms. The molecule has 102 valence electrons. The van der Waals surface area contributed by atoms with E-state index in [0.717, 1.165) is 5.56 Å².